The summed E-state index contributed by atoms with van der Waals surface area (Å²) in [4.78, 5) is 14.8. The summed E-state index contributed by atoms with van der Waals surface area (Å²) in [7, 11) is 0. The summed E-state index contributed by atoms with van der Waals surface area (Å²) in [5.74, 6) is 1.05. The quantitative estimate of drug-likeness (QED) is 0.183. The molecule has 2 aromatic heterocycles. The van der Waals surface area contributed by atoms with E-state index in [1.165, 1.54) is 4.57 Å². The molecule has 0 aliphatic carbocycles. The van der Waals surface area contributed by atoms with Crippen LogP contribution in [-0.2, 0) is 0 Å². The second-order valence-corrected chi connectivity index (χ2v) is 11.5. The maximum atomic E-state index is 9.24. The van der Waals surface area contributed by atoms with Gasteiger partial charge in [0.2, 0.25) is 0 Å². The van der Waals surface area contributed by atoms with Gasteiger partial charge in [-0.15, -0.1) is 0 Å². The number of nitrogens with zero attached hydrogens (tertiary/aromatic N) is 4. The van der Waals surface area contributed by atoms with Gasteiger partial charge in [-0.1, -0.05) is 152 Å². The van der Waals surface area contributed by atoms with Gasteiger partial charge < -0.3 is 4.57 Å². The van der Waals surface area contributed by atoms with Crippen LogP contribution >= 0.6 is 0 Å². The zero-order valence-electron chi connectivity index (χ0n) is 34.0. The van der Waals surface area contributed by atoms with Gasteiger partial charge in [0.15, 0.2) is 17.5 Å². The summed E-state index contributed by atoms with van der Waals surface area (Å²) < 4.78 is 72.7. The highest BCUT2D eigenvalue weighted by Gasteiger charge is 2.20. The second kappa shape index (κ2) is 12.2. The lowest BCUT2D eigenvalue weighted by molar-refractivity contribution is 1.06. The maximum Gasteiger partial charge on any atom is 0.166 e. The van der Waals surface area contributed by atoms with E-state index in [1.807, 2.05) is 127 Å². The fourth-order valence-electron chi connectivity index (χ4n) is 6.18. The number of hydrogen-bond donors (Lipinski definition) is 0. The molecule has 9 aromatic rings. The number of rotatable bonds is 6. The van der Waals surface area contributed by atoms with Crippen molar-refractivity contribution in [3.63, 3.8) is 0 Å². The molecular weight excluding hydrogens is 597 g/mol. The van der Waals surface area contributed by atoms with Crippen LogP contribution in [0.1, 0.15) is 11.0 Å². The van der Waals surface area contributed by atoms with E-state index in [0.29, 0.717) is 22.9 Å². The van der Waals surface area contributed by atoms with E-state index in [2.05, 4.69) is 6.07 Å². The van der Waals surface area contributed by atoms with Crippen molar-refractivity contribution in [2.75, 3.05) is 0 Å². The Morgan fingerprint density at radius 3 is 1.41 bits per heavy atom. The molecule has 0 atom stereocenters. The lowest BCUT2D eigenvalue weighted by Crippen LogP contribution is -2.04. The van der Waals surface area contributed by atoms with Crippen molar-refractivity contribution in [3.05, 3.63) is 182 Å². The molecule has 4 heteroatoms. The van der Waals surface area contributed by atoms with Crippen LogP contribution in [0.15, 0.2) is 182 Å². The zero-order valence-corrected chi connectivity index (χ0v) is 26.0. The Hall–Kier alpha value is -6.65. The molecule has 0 saturated heterocycles. The molecule has 0 N–H and O–H groups in total. The summed E-state index contributed by atoms with van der Waals surface area (Å²) in [6.45, 7) is 0. The van der Waals surface area contributed by atoms with Gasteiger partial charge in [-0.05, 0) is 52.5 Å². The van der Waals surface area contributed by atoms with Crippen molar-refractivity contribution in [2.24, 2.45) is 0 Å². The minimum Gasteiger partial charge on any atom is -0.308 e. The minimum atomic E-state index is -0.511. The Morgan fingerprint density at radius 2 is 0.837 bits per heavy atom. The molecule has 49 heavy (non-hydrogen) atoms. The summed E-state index contributed by atoms with van der Waals surface area (Å²) in [5.41, 5.74) is 5.87. The fourth-order valence-corrected chi connectivity index (χ4v) is 6.18. The molecule has 4 nitrogen and oxygen atoms in total. The SMILES string of the molecule is [2H]c1c([2H])c([2H])c2c(c1[2H])c1c([2H])c([2H])c([2H])c([2H])c1n2-c1cc(-c2cccc(-c3ccccc3)c2)ccc1-c1nc(-c2ccccc2)nc(-c2ccccc2)n1. The van der Waals surface area contributed by atoms with Crippen LogP contribution in [0.25, 0.3) is 83.9 Å². The number of para-hydroxylation sites is 2. The van der Waals surface area contributed by atoms with Gasteiger partial charge in [0, 0.05) is 27.5 Å². The maximum absolute atomic E-state index is 9.24. The molecular formula is C45H30N4. The van der Waals surface area contributed by atoms with Crippen LogP contribution in [0.2, 0.25) is 0 Å². The first-order valence-corrected chi connectivity index (χ1v) is 15.8. The van der Waals surface area contributed by atoms with E-state index >= 15 is 0 Å². The molecule has 2 heterocycles. The number of fused-ring (bicyclic) bond motifs is 3. The van der Waals surface area contributed by atoms with Crippen molar-refractivity contribution in [1.29, 1.82) is 0 Å². The smallest absolute Gasteiger partial charge is 0.166 e. The Labute approximate surface area is 295 Å². The van der Waals surface area contributed by atoms with Crippen LogP contribution in [0.4, 0.5) is 0 Å². The van der Waals surface area contributed by atoms with Crippen LogP contribution in [0, 0.1) is 0 Å². The molecule has 0 amide bonds. The lowest BCUT2D eigenvalue weighted by atomic mass is 9.97. The molecule has 0 unspecified atom stereocenters. The first-order valence-electron chi connectivity index (χ1n) is 19.8. The summed E-state index contributed by atoms with van der Waals surface area (Å²) >= 11 is 0. The van der Waals surface area contributed by atoms with Crippen LogP contribution in [0.3, 0.4) is 0 Å². The monoisotopic (exact) mass is 634 g/mol. The molecule has 0 fully saturated rings. The number of benzene rings is 7. The summed E-state index contributed by atoms with van der Waals surface area (Å²) in [6.07, 6.45) is 0. The van der Waals surface area contributed by atoms with E-state index in [4.69, 9.17) is 23.2 Å². The topological polar surface area (TPSA) is 43.6 Å². The number of aromatic nitrogens is 4. The van der Waals surface area contributed by atoms with E-state index in [-0.39, 0.29) is 27.6 Å². The third-order valence-corrected chi connectivity index (χ3v) is 8.51. The Bertz CT molecular complexity index is 2910. The van der Waals surface area contributed by atoms with Gasteiger partial charge in [-0.3, -0.25) is 0 Å². The minimum absolute atomic E-state index is 0.0000538. The average Bonchev–Trinajstić information content (AvgIpc) is 3.63. The lowest BCUT2D eigenvalue weighted by Gasteiger charge is -2.17. The van der Waals surface area contributed by atoms with E-state index in [0.717, 1.165) is 33.4 Å². The van der Waals surface area contributed by atoms with Gasteiger partial charge in [0.25, 0.3) is 0 Å². The van der Waals surface area contributed by atoms with Gasteiger partial charge in [0.05, 0.1) is 27.7 Å². The van der Waals surface area contributed by atoms with E-state index in [9.17, 15) is 2.74 Å². The fraction of sp³-hybridized carbons (Fsp3) is 0. The Morgan fingerprint density at radius 1 is 0.388 bits per heavy atom. The van der Waals surface area contributed by atoms with Crippen molar-refractivity contribution in [2.45, 2.75) is 0 Å². The predicted molar refractivity (Wildman–Crippen MR) is 201 cm³/mol. The Balaban J connectivity index is 1.43. The van der Waals surface area contributed by atoms with Crippen molar-refractivity contribution < 1.29 is 11.0 Å². The van der Waals surface area contributed by atoms with Crippen LogP contribution < -0.4 is 0 Å². The van der Waals surface area contributed by atoms with E-state index in [1.54, 1.807) is 0 Å². The summed E-state index contributed by atoms with van der Waals surface area (Å²) in [5, 5.41) is -0.0351. The van der Waals surface area contributed by atoms with Gasteiger partial charge in [-0.25, -0.2) is 15.0 Å². The first kappa shape index (κ1) is 21.3. The highest BCUT2D eigenvalue weighted by Crippen LogP contribution is 2.38. The summed E-state index contributed by atoms with van der Waals surface area (Å²) in [6, 6.07) is 38.9. The highest BCUT2D eigenvalue weighted by molar-refractivity contribution is 6.09. The highest BCUT2D eigenvalue weighted by atomic mass is 15.1. The van der Waals surface area contributed by atoms with Crippen molar-refractivity contribution in [3.8, 4) is 62.1 Å². The van der Waals surface area contributed by atoms with Gasteiger partial charge in [0.1, 0.15) is 0 Å². The third-order valence-electron chi connectivity index (χ3n) is 8.51. The molecule has 230 valence electrons. The van der Waals surface area contributed by atoms with E-state index < -0.39 is 48.3 Å². The Kier molecular flexibility index (Phi) is 5.29. The van der Waals surface area contributed by atoms with Crippen LogP contribution in [0.5, 0.6) is 0 Å². The standard InChI is InChI=1S/C45H30N4/c1-4-15-31(16-5-1)34-21-14-22-35(29-34)36-27-28-39(42(30-36)49-40-25-12-10-23-37(40)38-24-11-13-26-41(38)49)45-47-43(32-17-6-2-7-18-32)46-44(48-45)33-19-8-3-9-20-33/h1-30H/i10D,11D,12D,13D,23D,24D,25D,26D. The molecule has 0 radical (unpaired) electrons. The normalized spacial score (nSPS) is 13.6. The molecule has 0 saturated carbocycles. The zero-order chi connectivity index (χ0) is 39.5. The molecule has 9 rings (SSSR count). The molecule has 0 aliphatic rings. The second-order valence-electron chi connectivity index (χ2n) is 11.5. The van der Waals surface area contributed by atoms with Gasteiger partial charge >= 0.3 is 0 Å². The third kappa shape index (κ3) is 5.26. The van der Waals surface area contributed by atoms with Gasteiger partial charge in [-0.2, -0.15) is 0 Å². The predicted octanol–water partition coefficient (Wildman–Crippen LogP) is 11.3. The number of hydrogen-bond acceptors (Lipinski definition) is 3. The molecule has 0 bridgehead atoms. The molecule has 0 spiro atoms. The molecule has 7 aromatic carbocycles. The largest absolute Gasteiger partial charge is 0.308 e. The van der Waals surface area contributed by atoms with Crippen LogP contribution in [-0.4, -0.2) is 19.5 Å². The molecule has 0 aliphatic heterocycles. The first-order chi connectivity index (χ1) is 27.6. The van der Waals surface area contributed by atoms with Crippen molar-refractivity contribution in [1.82, 2.24) is 19.5 Å². The average molecular weight is 635 g/mol. The van der Waals surface area contributed by atoms with Crippen molar-refractivity contribution >= 4 is 21.8 Å².